The first-order valence-corrected chi connectivity index (χ1v) is 6.90. The Morgan fingerprint density at radius 2 is 2.00 bits per heavy atom. The monoisotopic (exact) mass is 294 g/mol. The van der Waals surface area contributed by atoms with E-state index in [-0.39, 0.29) is 18.3 Å². The number of amides is 1. The van der Waals surface area contributed by atoms with Crippen LogP contribution in [0.2, 0.25) is 0 Å². The Morgan fingerprint density at radius 1 is 1.19 bits per heavy atom. The summed E-state index contributed by atoms with van der Waals surface area (Å²) in [5.74, 6) is -0.337. The van der Waals surface area contributed by atoms with Gasteiger partial charge in [0.05, 0.1) is 20.1 Å². The Bertz CT molecular complexity index is 437. The predicted octanol–water partition coefficient (Wildman–Crippen LogP) is 1.05. The maximum absolute atomic E-state index is 12.2. The summed E-state index contributed by atoms with van der Waals surface area (Å²) in [6, 6.07) is 5.63. The van der Waals surface area contributed by atoms with Crippen molar-refractivity contribution in [1.29, 1.82) is 0 Å². The number of esters is 1. The van der Waals surface area contributed by atoms with Gasteiger partial charge in [-0.2, -0.15) is 0 Å². The zero-order valence-corrected chi connectivity index (χ0v) is 12.6. The van der Waals surface area contributed by atoms with Gasteiger partial charge >= 0.3 is 5.97 Å². The van der Waals surface area contributed by atoms with Crippen molar-refractivity contribution in [2.45, 2.75) is 19.3 Å². The molecule has 0 N–H and O–H groups in total. The van der Waals surface area contributed by atoms with Gasteiger partial charge in [0.2, 0.25) is 5.91 Å². The van der Waals surface area contributed by atoms with Gasteiger partial charge < -0.3 is 14.4 Å². The van der Waals surface area contributed by atoms with Crippen LogP contribution >= 0.6 is 0 Å². The number of hydrogen-bond donors (Lipinski definition) is 0. The van der Waals surface area contributed by atoms with E-state index in [0.717, 1.165) is 5.69 Å². The Balaban J connectivity index is 2.47. The Kier molecular flexibility index (Phi) is 8.04. The lowest BCUT2D eigenvalue weighted by Crippen LogP contribution is -2.36. The summed E-state index contributed by atoms with van der Waals surface area (Å²) in [5.41, 5.74) is 0.880. The van der Waals surface area contributed by atoms with Crippen molar-refractivity contribution in [3.05, 3.63) is 30.1 Å². The average Bonchev–Trinajstić information content (AvgIpc) is 2.53. The van der Waals surface area contributed by atoms with Crippen molar-refractivity contribution in [3.63, 3.8) is 0 Å². The fourth-order valence-electron chi connectivity index (χ4n) is 1.83. The van der Waals surface area contributed by atoms with E-state index < -0.39 is 0 Å². The number of aryl methyl sites for hydroxylation is 1. The van der Waals surface area contributed by atoms with Gasteiger partial charge in [-0.3, -0.25) is 14.6 Å². The van der Waals surface area contributed by atoms with Crippen LogP contribution in [-0.4, -0.2) is 55.7 Å². The van der Waals surface area contributed by atoms with Crippen LogP contribution in [0.15, 0.2) is 24.4 Å². The Morgan fingerprint density at radius 3 is 2.62 bits per heavy atom. The quantitative estimate of drug-likeness (QED) is 0.637. The van der Waals surface area contributed by atoms with Gasteiger partial charge in [0, 0.05) is 38.5 Å². The summed E-state index contributed by atoms with van der Waals surface area (Å²) in [7, 11) is 2.92. The number of hydrogen-bond acceptors (Lipinski definition) is 5. The summed E-state index contributed by atoms with van der Waals surface area (Å²) >= 11 is 0. The highest BCUT2D eigenvalue weighted by Crippen LogP contribution is 2.03. The van der Waals surface area contributed by atoms with Gasteiger partial charge in [-0.05, 0) is 18.6 Å². The zero-order valence-electron chi connectivity index (χ0n) is 12.6. The first kappa shape index (κ1) is 17.1. The van der Waals surface area contributed by atoms with Gasteiger partial charge in [-0.25, -0.2) is 0 Å². The van der Waals surface area contributed by atoms with Crippen LogP contribution in [0.25, 0.3) is 0 Å². The molecule has 0 bridgehead atoms. The summed E-state index contributed by atoms with van der Waals surface area (Å²) in [6.45, 7) is 1.25. The van der Waals surface area contributed by atoms with Crippen LogP contribution < -0.4 is 0 Å². The molecule has 116 valence electrons. The lowest BCUT2D eigenvalue weighted by molar-refractivity contribution is -0.141. The molecule has 0 radical (unpaired) electrons. The molecule has 0 fully saturated rings. The SMILES string of the molecule is COCCN(CCC(=O)OC)C(=O)CCc1ccccn1. The summed E-state index contributed by atoms with van der Waals surface area (Å²) < 4.78 is 9.59. The topological polar surface area (TPSA) is 68.7 Å². The third-order valence-electron chi connectivity index (χ3n) is 3.05. The van der Waals surface area contributed by atoms with Gasteiger partial charge in [-0.15, -0.1) is 0 Å². The fraction of sp³-hybridized carbons (Fsp3) is 0.533. The molecular formula is C15H22N2O4. The minimum absolute atomic E-state index is 0.0124. The maximum atomic E-state index is 12.2. The fourth-order valence-corrected chi connectivity index (χ4v) is 1.83. The second-order valence-electron chi connectivity index (χ2n) is 4.52. The van der Waals surface area contributed by atoms with E-state index in [4.69, 9.17) is 4.74 Å². The number of aromatic nitrogens is 1. The van der Waals surface area contributed by atoms with Crippen molar-refractivity contribution in [1.82, 2.24) is 9.88 Å². The second kappa shape index (κ2) is 9.88. The molecule has 1 amide bonds. The lowest BCUT2D eigenvalue weighted by atomic mass is 10.2. The molecule has 0 saturated carbocycles. The standard InChI is InChI=1S/C15H22N2O4/c1-20-12-11-17(10-8-15(19)21-2)14(18)7-6-13-5-3-4-9-16-13/h3-5,9H,6-8,10-12H2,1-2H3. The molecule has 1 aromatic rings. The number of ether oxygens (including phenoxy) is 2. The van der Waals surface area contributed by atoms with Gasteiger partial charge in [0.1, 0.15) is 0 Å². The number of pyridine rings is 1. The van der Waals surface area contributed by atoms with Crippen LogP contribution in [0, 0.1) is 0 Å². The molecule has 0 aliphatic carbocycles. The second-order valence-corrected chi connectivity index (χ2v) is 4.52. The van der Waals surface area contributed by atoms with Gasteiger partial charge in [0.25, 0.3) is 0 Å². The van der Waals surface area contributed by atoms with E-state index in [1.807, 2.05) is 18.2 Å². The third-order valence-corrected chi connectivity index (χ3v) is 3.05. The van der Waals surface area contributed by atoms with Crippen LogP contribution in [-0.2, 0) is 25.5 Å². The number of rotatable bonds is 9. The molecule has 1 heterocycles. The van der Waals surface area contributed by atoms with Crippen molar-refractivity contribution in [3.8, 4) is 0 Å². The van der Waals surface area contributed by atoms with Crippen LogP contribution in [0.1, 0.15) is 18.5 Å². The van der Waals surface area contributed by atoms with Gasteiger partial charge in [-0.1, -0.05) is 6.07 Å². The Hall–Kier alpha value is -1.95. The predicted molar refractivity (Wildman–Crippen MR) is 77.6 cm³/mol. The van der Waals surface area contributed by atoms with Crippen LogP contribution in [0.5, 0.6) is 0 Å². The van der Waals surface area contributed by atoms with E-state index in [1.54, 1.807) is 18.2 Å². The minimum atomic E-state index is -0.324. The van der Waals surface area contributed by atoms with Crippen molar-refractivity contribution in [2.75, 3.05) is 33.9 Å². The Labute approximate surface area is 125 Å². The van der Waals surface area contributed by atoms with Crippen molar-refractivity contribution < 1.29 is 19.1 Å². The first-order chi connectivity index (χ1) is 10.2. The van der Waals surface area contributed by atoms with E-state index in [0.29, 0.717) is 32.5 Å². The maximum Gasteiger partial charge on any atom is 0.307 e. The van der Waals surface area contributed by atoms with E-state index in [1.165, 1.54) is 7.11 Å². The summed E-state index contributed by atoms with van der Waals surface area (Å²) in [6.07, 6.45) is 2.85. The van der Waals surface area contributed by atoms with Crippen molar-refractivity contribution in [2.24, 2.45) is 0 Å². The molecule has 1 aromatic heterocycles. The first-order valence-electron chi connectivity index (χ1n) is 6.90. The van der Waals surface area contributed by atoms with E-state index in [2.05, 4.69) is 9.72 Å². The van der Waals surface area contributed by atoms with Gasteiger partial charge in [0.15, 0.2) is 0 Å². The molecule has 0 aliphatic rings. The molecule has 1 rings (SSSR count). The molecule has 0 saturated heterocycles. The third kappa shape index (κ3) is 6.85. The summed E-state index contributed by atoms with van der Waals surface area (Å²) in [5, 5.41) is 0. The zero-order chi connectivity index (χ0) is 15.5. The van der Waals surface area contributed by atoms with E-state index >= 15 is 0 Å². The number of methoxy groups -OCH3 is 2. The molecule has 6 nitrogen and oxygen atoms in total. The van der Waals surface area contributed by atoms with Crippen LogP contribution in [0.3, 0.4) is 0 Å². The minimum Gasteiger partial charge on any atom is -0.469 e. The number of carbonyl (C=O) groups is 2. The molecule has 0 atom stereocenters. The number of nitrogens with zero attached hydrogens (tertiary/aromatic N) is 2. The summed E-state index contributed by atoms with van der Waals surface area (Å²) in [4.78, 5) is 29.2. The van der Waals surface area contributed by atoms with Crippen LogP contribution in [0.4, 0.5) is 0 Å². The highest BCUT2D eigenvalue weighted by Gasteiger charge is 2.15. The molecule has 0 aliphatic heterocycles. The molecule has 0 aromatic carbocycles. The highest BCUT2D eigenvalue weighted by atomic mass is 16.5. The molecule has 6 heteroatoms. The normalized spacial score (nSPS) is 10.2. The molecule has 0 spiro atoms. The molecule has 0 unspecified atom stereocenters. The van der Waals surface area contributed by atoms with E-state index in [9.17, 15) is 9.59 Å². The smallest absolute Gasteiger partial charge is 0.307 e. The van der Waals surface area contributed by atoms with Crippen molar-refractivity contribution >= 4 is 11.9 Å². The molecular weight excluding hydrogens is 272 g/mol. The highest BCUT2D eigenvalue weighted by molar-refractivity contribution is 5.77. The molecule has 21 heavy (non-hydrogen) atoms. The number of carbonyl (C=O) groups excluding carboxylic acids is 2. The lowest BCUT2D eigenvalue weighted by Gasteiger charge is -2.21. The largest absolute Gasteiger partial charge is 0.469 e. The average molecular weight is 294 g/mol.